The van der Waals surface area contributed by atoms with Gasteiger partial charge in [-0.1, -0.05) is 17.7 Å². The van der Waals surface area contributed by atoms with Crippen LogP contribution in [0.1, 0.15) is 21.5 Å². The maximum Gasteiger partial charge on any atom is 0.255 e. The summed E-state index contributed by atoms with van der Waals surface area (Å²) >= 11 is 5.92. The zero-order valence-corrected chi connectivity index (χ0v) is 11.5. The van der Waals surface area contributed by atoms with Gasteiger partial charge in [-0.05, 0) is 55.3 Å². The van der Waals surface area contributed by atoms with E-state index in [9.17, 15) is 9.90 Å². The number of hydrogen-bond acceptors (Lipinski definition) is 2. The van der Waals surface area contributed by atoms with Gasteiger partial charge in [-0.15, -0.1) is 0 Å². The lowest BCUT2D eigenvalue weighted by Gasteiger charge is -2.09. The molecule has 0 saturated carbocycles. The van der Waals surface area contributed by atoms with Crippen molar-refractivity contribution in [3.63, 3.8) is 0 Å². The molecule has 0 bridgehead atoms. The number of anilines is 1. The number of halogens is 1. The Morgan fingerprint density at radius 1 is 1.11 bits per heavy atom. The summed E-state index contributed by atoms with van der Waals surface area (Å²) in [5.74, 6) is -0.253. The van der Waals surface area contributed by atoms with Crippen LogP contribution in [0.15, 0.2) is 36.4 Å². The highest BCUT2D eigenvalue weighted by Crippen LogP contribution is 2.25. The van der Waals surface area contributed by atoms with E-state index in [-0.39, 0.29) is 11.7 Å². The zero-order chi connectivity index (χ0) is 14.0. The summed E-state index contributed by atoms with van der Waals surface area (Å²) in [5, 5.41) is 12.9. The van der Waals surface area contributed by atoms with Gasteiger partial charge in [0.05, 0.1) is 5.69 Å². The molecule has 2 aromatic carbocycles. The van der Waals surface area contributed by atoms with E-state index in [2.05, 4.69) is 5.32 Å². The van der Waals surface area contributed by atoms with Crippen molar-refractivity contribution in [1.29, 1.82) is 0 Å². The second-order valence-electron chi connectivity index (χ2n) is 4.49. The van der Waals surface area contributed by atoms with Crippen LogP contribution in [0.2, 0.25) is 5.02 Å². The number of amides is 1. The van der Waals surface area contributed by atoms with Crippen molar-refractivity contribution in [2.24, 2.45) is 0 Å². The lowest BCUT2D eigenvalue weighted by molar-refractivity contribution is 0.102. The molecule has 19 heavy (non-hydrogen) atoms. The largest absolute Gasteiger partial charge is 0.506 e. The fourth-order valence-corrected chi connectivity index (χ4v) is 2.10. The van der Waals surface area contributed by atoms with E-state index in [0.29, 0.717) is 16.3 Å². The number of aromatic hydroxyl groups is 1. The number of nitrogens with one attached hydrogen (secondary N) is 1. The first-order valence-corrected chi connectivity index (χ1v) is 6.21. The van der Waals surface area contributed by atoms with Crippen LogP contribution in [0.3, 0.4) is 0 Å². The molecule has 0 spiro atoms. The lowest BCUT2D eigenvalue weighted by atomic mass is 10.1. The van der Waals surface area contributed by atoms with Crippen molar-refractivity contribution in [3.05, 3.63) is 58.1 Å². The zero-order valence-electron chi connectivity index (χ0n) is 10.7. The second-order valence-corrected chi connectivity index (χ2v) is 4.93. The molecule has 2 N–H and O–H groups in total. The Morgan fingerprint density at radius 2 is 1.84 bits per heavy atom. The van der Waals surface area contributed by atoms with Gasteiger partial charge in [0.25, 0.3) is 5.91 Å². The van der Waals surface area contributed by atoms with Crippen molar-refractivity contribution in [3.8, 4) is 5.75 Å². The normalized spacial score (nSPS) is 10.3. The van der Waals surface area contributed by atoms with Gasteiger partial charge in [0.15, 0.2) is 0 Å². The summed E-state index contributed by atoms with van der Waals surface area (Å²) in [4.78, 5) is 12.1. The molecule has 0 atom stereocenters. The molecule has 98 valence electrons. The maximum absolute atomic E-state index is 12.1. The SMILES string of the molecule is Cc1cc(Cl)cc(C(=O)Nc2ccc(C)cc2O)c1. The van der Waals surface area contributed by atoms with Crippen molar-refractivity contribution in [1.82, 2.24) is 0 Å². The summed E-state index contributed by atoms with van der Waals surface area (Å²) in [7, 11) is 0. The molecule has 0 unspecified atom stereocenters. The molecule has 0 aliphatic heterocycles. The molecule has 2 rings (SSSR count). The molecule has 1 amide bonds. The van der Waals surface area contributed by atoms with Crippen LogP contribution in [0.4, 0.5) is 5.69 Å². The van der Waals surface area contributed by atoms with Gasteiger partial charge in [0, 0.05) is 10.6 Å². The molecule has 0 aliphatic rings. The van der Waals surface area contributed by atoms with E-state index in [1.807, 2.05) is 19.9 Å². The molecule has 0 fully saturated rings. The molecule has 0 saturated heterocycles. The number of phenols is 1. The van der Waals surface area contributed by atoms with Crippen LogP contribution in [-0.2, 0) is 0 Å². The Morgan fingerprint density at radius 3 is 2.47 bits per heavy atom. The van der Waals surface area contributed by atoms with E-state index in [1.165, 1.54) is 0 Å². The van der Waals surface area contributed by atoms with Crippen LogP contribution in [0.5, 0.6) is 5.75 Å². The summed E-state index contributed by atoms with van der Waals surface area (Å²) < 4.78 is 0. The molecule has 0 aromatic heterocycles. The average molecular weight is 276 g/mol. The molecule has 0 radical (unpaired) electrons. The third-order valence-corrected chi connectivity index (χ3v) is 2.92. The van der Waals surface area contributed by atoms with Gasteiger partial charge in [0.2, 0.25) is 0 Å². The molecule has 2 aromatic rings. The Hall–Kier alpha value is -2.00. The van der Waals surface area contributed by atoms with Gasteiger partial charge in [0.1, 0.15) is 5.75 Å². The minimum absolute atomic E-state index is 0.0482. The monoisotopic (exact) mass is 275 g/mol. The van der Waals surface area contributed by atoms with E-state index in [4.69, 9.17) is 11.6 Å². The Balaban J connectivity index is 2.25. The van der Waals surface area contributed by atoms with Crippen molar-refractivity contribution >= 4 is 23.2 Å². The summed E-state index contributed by atoms with van der Waals surface area (Å²) in [6.07, 6.45) is 0. The number of benzene rings is 2. The standard InChI is InChI=1S/C15H14ClNO2/c1-9-3-4-13(14(18)7-9)17-15(19)11-5-10(2)6-12(16)8-11/h3-8,18H,1-2H3,(H,17,19). The Bertz CT molecular complexity index is 618. The van der Waals surface area contributed by atoms with E-state index in [1.54, 1.807) is 30.3 Å². The molecule has 3 nitrogen and oxygen atoms in total. The van der Waals surface area contributed by atoms with Gasteiger partial charge in [-0.3, -0.25) is 4.79 Å². The number of hydrogen-bond donors (Lipinski definition) is 2. The summed E-state index contributed by atoms with van der Waals surface area (Å²) in [6, 6.07) is 10.2. The maximum atomic E-state index is 12.1. The summed E-state index contributed by atoms with van der Waals surface area (Å²) in [5.41, 5.74) is 2.68. The molecule has 0 heterocycles. The van der Waals surface area contributed by atoms with Crippen molar-refractivity contribution in [2.75, 3.05) is 5.32 Å². The van der Waals surface area contributed by atoms with Crippen LogP contribution >= 0.6 is 11.6 Å². The third-order valence-electron chi connectivity index (χ3n) is 2.71. The van der Waals surface area contributed by atoms with E-state index < -0.39 is 0 Å². The predicted molar refractivity (Wildman–Crippen MR) is 77.0 cm³/mol. The molecule has 0 aliphatic carbocycles. The number of carbonyl (C=O) groups is 1. The average Bonchev–Trinajstić information content (AvgIpc) is 2.31. The van der Waals surface area contributed by atoms with Crippen molar-refractivity contribution in [2.45, 2.75) is 13.8 Å². The third kappa shape index (κ3) is 3.26. The van der Waals surface area contributed by atoms with Crippen LogP contribution < -0.4 is 5.32 Å². The minimum Gasteiger partial charge on any atom is -0.506 e. The summed E-state index contributed by atoms with van der Waals surface area (Å²) in [6.45, 7) is 3.73. The molecular weight excluding hydrogens is 262 g/mol. The van der Waals surface area contributed by atoms with Gasteiger partial charge in [-0.2, -0.15) is 0 Å². The van der Waals surface area contributed by atoms with Crippen LogP contribution in [0, 0.1) is 13.8 Å². The minimum atomic E-state index is -0.301. The lowest BCUT2D eigenvalue weighted by Crippen LogP contribution is -2.12. The van der Waals surface area contributed by atoms with Crippen LogP contribution in [0.25, 0.3) is 0 Å². The van der Waals surface area contributed by atoms with Crippen molar-refractivity contribution < 1.29 is 9.90 Å². The number of carbonyl (C=O) groups excluding carboxylic acids is 1. The van der Waals surface area contributed by atoms with Gasteiger partial charge >= 0.3 is 0 Å². The van der Waals surface area contributed by atoms with Gasteiger partial charge < -0.3 is 10.4 Å². The predicted octanol–water partition coefficient (Wildman–Crippen LogP) is 3.91. The first kappa shape index (κ1) is 13.4. The first-order chi connectivity index (χ1) is 8.95. The highest BCUT2D eigenvalue weighted by Gasteiger charge is 2.10. The highest BCUT2D eigenvalue weighted by atomic mass is 35.5. The highest BCUT2D eigenvalue weighted by molar-refractivity contribution is 6.31. The number of phenolic OH excluding ortho intramolecular Hbond substituents is 1. The second kappa shape index (κ2) is 5.33. The smallest absolute Gasteiger partial charge is 0.255 e. The molecule has 4 heteroatoms. The van der Waals surface area contributed by atoms with Crippen LogP contribution in [-0.4, -0.2) is 11.0 Å². The topological polar surface area (TPSA) is 49.3 Å². The molecular formula is C15H14ClNO2. The fraction of sp³-hybridized carbons (Fsp3) is 0.133. The Kier molecular flexibility index (Phi) is 3.76. The van der Waals surface area contributed by atoms with Gasteiger partial charge in [-0.25, -0.2) is 0 Å². The fourth-order valence-electron chi connectivity index (χ4n) is 1.81. The van der Waals surface area contributed by atoms with E-state index >= 15 is 0 Å². The number of rotatable bonds is 2. The van der Waals surface area contributed by atoms with E-state index in [0.717, 1.165) is 11.1 Å². The first-order valence-electron chi connectivity index (χ1n) is 5.84. The Labute approximate surface area is 116 Å². The number of aryl methyl sites for hydroxylation is 2. The quantitative estimate of drug-likeness (QED) is 0.816.